The molecule has 1 aliphatic heterocycles. The molecular weight excluding hydrogens is 262 g/mol. The Hall–Kier alpha value is -1.51. The van der Waals surface area contributed by atoms with Gasteiger partial charge in [-0.3, -0.25) is 0 Å². The van der Waals surface area contributed by atoms with E-state index < -0.39 is 0 Å². The van der Waals surface area contributed by atoms with Crippen LogP contribution < -0.4 is 4.90 Å². The molecule has 0 aliphatic carbocycles. The summed E-state index contributed by atoms with van der Waals surface area (Å²) in [6.07, 6.45) is 8.39. The normalized spacial score (nSPS) is 14.4. The van der Waals surface area contributed by atoms with Crippen LogP contribution in [0.3, 0.4) is 0 Å². The van der Waals surface area contributed by atoms with E-state index in [1.807, 2.05) is 24.3 Å². The van der Waals surface area contributed by atoms with Crippen molar-refractivity contribution in [3.8, 4) is 0 Å². The molecule has 1 saturated heterocycles. The fourth-order valence-electron chi connectivity index (χ4n) is 2.74. The summed E-state index contributed by atoms with van der Waals surface area (Å²) in [7, 11) is 0. The molecule has 21 heavy (non-hydrogen) atoms. The minimum Gasteiger partial charge on any atom is -0.462 e. The molecule has 1 heterocycles. The summed E-state index contributed by atoms with van der Waals surface area (Å²) in [6, 6.07) is 7.83. The van der Waals surface area contributed by atoms with E-state index in [4.69, 9.17) is 4.74 Å². The first-order valence-electron chi connectivity index (χ1n) is 8.33. The van der Waals surface area contributed by atoms with Crippen LogP contribution in [0.5, 0.6) is 0 Å². The Kier molecular flexibility index (Phi) is 6.58. The van der Waals surface area contributed by atoms with E-state index in [0.717, 1.165) is 25.9 Å². The zero-order valence-electron chi connectivity index (χ0n) is 13.1. The molecule has 0 saturated carbocycles. The number of hydrogen-bond acceptors (Lipinski definition) is 3. The summed E-state index contributed by atoms with van der Waals surface area (Å²) in [5.41, 5.74) is 1.87. The summed E-state index contributed by atoms with van der Waals surface area (Å²) >= 11 is 0. The Balaban J connectivity index is 1.72. The molecule has 1 aromatic rings. The van der Waals surface area contributed by atoms with E-state index in [1.54, 1.807) is 0 Å². The van der Waals surface area contributed by atoms with Gasteiger partial charge in [-0.15, -0.1) is 0 Å². The molecule has 3 nitrogen and oxygen atoms in total. The van der Waals surface area contributed by atoms with Crippen molar-refractivity contribution in [2.45, 2.75) is 51.9 Å². The zero-order chi connectivity index (χ0) is 14.9. The third-order valence-corrected chi connectivity index (χ3v) is 4.06. The van der Waals surface area contributed by atoms with Gasteiger partial charge in [0.1, 0.15) is 0 Å². The molecule has 0 radical (unpaired) electrons. The highest BCUT2D eigenvalue weighted by atomic mass is 16.5. The molecule has 0 spiro atoms. The first kappa shape index (κ1) is 15.9. The van der Waals surface area contributed by atoms with Gasteiger partial charge in [0.05, 0.1) is 12.2 Å². The molecule has 0 amide bonds. The van der Waals surface area contributed by atoms with E-state index in [2.05, 4.69) is 11.8 Å². The number of anilines is 1. The first-order valence-corrected chi connectivity index (χ1v) is 8.33. The lowest BCUT2D eigenvalue weighted by Crippen LogP contribution is -2.17. The Morgan fingerprint density at radius 3 is 2.38 bits per heavy atom. The van der Waals surface area contributed by atoms with Crippen molar-refractivity contribution in [2.24, 2.45) is 0 Å². The number of ether oxygens (including phenoxy) is 1. The van der Waals surface area contributed by atoms with Crippen molar-refractivity contribution < 1.29 is 9.53 Å². The molecular formula is C18H27NO2. The van der Waals surface area contributed by atoms with Crippen LogP contribution in [0.25, 0.3) is 0 Å². The van der Waals surface area contributed by atoms with Crippen LogP contribution in [-0.4, -0.2) is 25.7 Å². The standard InChI is InChI=1S/C18H27NO2/c1-2-3-4-5-8-15-21-18(20)16-9-11-17(12-10-16)19-13-6-7-14-19/h9-12H,2-8,13-15H2,1H3. The number of carbonyl (C=O) groups is 1. The number of carbonyl (C=O) groups excluding carboxylic acids is 1. The van der Waals surface area contributed by atoms with Crippen LogP contribution >= 0.6 is 0 Å². The number of unbranched alkanes of at least 4 members (excludes halogenated alkanes) is 4. The SMILES string of the molecule is CCCCCCCOC(=O)c1ccc(N2CCCC2)cc1. The maximum absolute atomic E-state index is 11.9. The number of hydrogen-bond donors (Lipinski definition) is 0. The summed E-state index contributed by atoms with van der Waals surface area (Å²) in [5.74, 6) is -0.196. The van der Waals surface area contributed by atoms with E-state index in [9.17, 15) is 4.79 Å². The maximum atomic E-state index is 11.9. The van der Waals surface area contributed by atoms with Crippen molar-refractivity contribution in [1.29, 1.82) is 0 Å². The van der Waals surface area contributed by atoms with Gasteiger partial charge in [0.2, 0.25) is 0 Å². The second kappa shape index (κ2) is 8.71. The van der Waals surface area contributed by atoms with Gasteiger partial charge in [-0.25, -0.2) is 4.79 Å². The van der Waals surface area contributed by atoms with Crippen molar-refractivity contribution in [1.82, 2.24) is 0 Å². The number of benzene rings is 1. The fraction of sp³-hybridized carbons (Fsp3) is 0.611. The Morgan fingerprint density at radius 2 is 1.71 bits per heavy atom. The third-order valence-electron chi connectivity index (χ3n) is 4.06. The van der Waals surface area contributed by atoms with Crippen LogP contribution in [0.2, 0.25) is 0 Å². The Labute approximate surface area is 128 Å². The van der Waals surface area contributed by atoms with Gasteiger partial charge in [-0.2, -0.15) is 0 Å². The van der Waals surface area contributed by atoms with Crippen LogP contribution in [0, 0.1) is 0 Å². The molecule has 0 bridgehead atoms. The van der Waals surface area contributed by atoms with Crippen LogP contribution in [0.4, 0.5) is 5.69 Å². The van der Waals surface area contributed by atoms with Crippen molar-refractivity contribution >= 4 is 11.7 Å². The van der Waals surface area contributed by atoms with Crippen molar-refractivity contribution in [3.05, 3.63) is 29.8 Å². The monoisotopic (exact) mass is 289 g/mol. The highest BCUT2D eigenvalue weighted by Gasteiger charge is 2.13. The van der Waals surface area contributed by atoms with Crippen molar-refractivity contribution in [2.75, 3.05) is 24.6 Å². The summed E-state index contributed by atoms with van der Waals surface area (Å²) in [6.45, 7) is 4.99. The lowest BCUT2D eigenvalue weighted by atomic mass is 10.1. The van der Waals surface area contributed by atoms with Crippen LogP contribution in [0.15, 0.2) is 24.3 Å². The molecule has 0 atom stereocenters. The highest BCUT2D eigenvalue weighted by Crippen LogP contribution is 2.20. The Morgan fingerprint density at radius 1 is 1.05 bits per heavy atom. The van der Waals surface area contributed by atoms with Gasteiger partial charge < -0.3 is 9.64 Å². The highest BCUT2D eigenvalue weighted by molar-refractivity contribution is 5.89. The first-order chi connectivity index (χ1) is 10.3. The molecule has 1 fully saturated rings. The number of esters is 1. The molecule has 116 valence electrons. The molecule has 1 aromatic carbocycles. The smallest absolute Gasteiger partial charge is 0.338 e. The van der Waals surface area contributed by atoms with Gasteiger partial charge in [0, 0.05) is 18.8 Å². The lowest BCUT2D eigenvalue weighted by Gasteiger charge is -2.17. The summed E-state index contributed by atoms with van der Waals surface area (Å²) in [5, 5.41) is 0. The van der Waals surface area contributed by atoms with E-state index in [-0.39, 0.29) is 5.97 Å². The zero-order valence-corrected chi connectivity index (χ0v) is 13.1. The van der Waals surface area contributed by atoms with E-state index in [0.29, 0.717) is 12.2 Å². The van der Waals surface area contributed by atoms with E-state index >= 15 is 0 Å². The third kappa shape index (κ3) is 5.07. The quantitative estimate of drug-likeness (QED) is 0.524. The van der Waals surface area contributed by atoms with Gasteiger partial charge in [-0.05, 0) is 43.5 Å². The second-order valence-electron chi connectivity index (χ2n) is 5.79. The topological polar surface area (TPSA) is 29.5 Å². The van der Waals surface area contributed by atoms with Gasteiger partial charge in [-0.1, -0.05) is 32.6 Å². The molecule has 3 heteroatoms. The number of rotatable bonds is 8. The number of nitrogens with zero attached hydrogens (tertiary/aromatic N) is 1. The van der Waals surface area contributed by atoms with Crippen molar-refractivity contribution in [3.63, 3.8) is 0 Å². The van der Waals surface area contributed by atoms with Gasteiger partial charge in [0.15, 0.2) is 0 Å². The van der Waals surface area contributed by atoms with Crippen LogP contribution in [0.1, 0.15) is 62.2 Å². The average Bonchev–Trinajstić information content (AvgIpc) is 3.05. The second-order valence-corrected chi connectivity index (χ2v) is 5.79. The molecule has 0 unspecified atom stereocenters. The Bertz CT molecular complexity index is 421. The minimum atomic E-state index is -0.196. The minimum absolute atomic E-state index is 0.196. The summed E-state index contributed by atoms with van der Waals surface area (Å²) < 4.78 is 5.32. The average molecular weight is 289 g/mol. The van der Waals surface area contributed by atoms with Gasteiger partial charge >= 0.3 is 5.97 Å². The molecule has 0 N–H and O–H groups in total. The molecule has 2 rings (SSSR count). The maximum Gasteiger partial charge on any atom is 0.338 e. The van der Waals surface area contributed by atoms with Crippen LogP contribution in [-0.2, 0) is 4.74 Å². The summed E-state index contributed by atoms with van der Waals surface area (Å²) in [4.78, 5) is 14.3. The molecule has 0 aromatic heterocycles. The fourth-order valence-corrected chi connectivity index (χ4v) is 2.74. The molecule has 1 aliphatic rings. The largest absolute Gasteiger partial charge is 0.462 e. The predicted octanol–water partition coefficient (Wildman–Crippen LogP) is 4.41. The lowest BCUT2D eigenvalue weighted by molar-refractivity contribution is 0.0497. The predicted molar refractivity (Wildman–Crippen MR) is 86.9 cm³/mol. The van der Waals surface area contributed by atoms with E-state index in [1.165, 1.54) is 37.8 Å². The van der Waals surface area contributed by atoms with Gasteiger partial charge in [0.25, 0.3) is 0 Å².